The van der Waals surface area contributed by atoms with Gasteiger partial charge < -0.3 is 4.74 Å². The Morgan fingerprint density at radius 1 is 0.895 bits per heavy atom. The van der Waals surface area contributed by atoms with Crippen molar-refractivity contribution in [3.63, 3.8) is 0 Å². The summed E-state index contributed by atoms with van der Waals surface area (Å²) in [6, 6.07) is 0. The van der Waals surface area contributed by atoms with E-state index in [1.807, 2.05) is 0 Å². The van der Waals surface area contributed by atoms with Crippen LogP contribution in [0.2, 0.25) is 0 Å². The molecule has 1 nitrogen and oxygen atoms in total. The van der Waals surface area contributed by atoms with Gasteiger partial charge in [-0.25, -0.2) is 4.39 Å². The molecule has 0 aromatic carbocycles. The van der Waals surface area contributed by atoms with Gasteiger partial charge in [-0.05, 0) is 12.8 Å². The molecule has 1 fully saturated rings. The first-order valence-electron chi connectivity index (χ1n) is 8.34. The van der Waals surface area contributed by atoms with Gasteiger partial charge in [0.2, 0.25) is 0 Å². The van der Waals surface area contributed by atoms with Crippen LogP contribution in [0.1, 0.15) is 85.0 Å². The topological polar surface area (TPSA) is 9.23 Å². The van der Waals surface area contributed by atoms with Gasteiger partial charge >= 0.3 is 0 Å². The SMILES string of the molecule is CCCCCCC(C)(CCCCCC)C1(F)COC1. The highest BCUT2D eigenvalue weighted by atomic mass is 19.1. The van der Waals surface area contributed by atoms with Gasteiger partial charge in [-0.3, -0.25) is 0 Å². The highest BCUT2D eigenvalue weighted by molar-refractivity contribution is 5.01. The van der Waals surface area contributed by atoms with E-state index in [0.29, 0.717) is 13.2 Å². The number of rotatable bonds is 11. The summed E-state index contributed by atoms with van der Waals surface area (Å²) in [6.45, 7) is 7.25. The predicted molar refractivity (Wildman–Crippen MR) is 80.3 cm³/mol. The van der Waals surface area contributed by atoms with Gasteiger partial charge in [0.1, 0.15) is 0 Å². The minimum absolute atomic E-state index is 0.160. The third-order valence-electron chi connectivity index (χ3n) is 4.91. The maximum Gasteiger partial charge on any atom is 0.162 e. The van der Waals surface area contributed by atoms with Crippen molar-refractivity contribution in [3.8, 4) is 0 Å². The molecular formula is C17H33FO. The smallest absolute Gasteiger partial charge is 0.162 e. The van der Waals surface area contributed by atoms with Crippen LogP contribution in [0.3, 0.4) is 0 Å². The normalized spacial score (nSPS) is 18.3. The fourth-order valence-corrected chi connectivity index (χ4v) is 3.09. The molecule has 0 aromatic rings. The molecule has 0 aromatic heterocycles. The summed E-state index contributed by atoms with van der Waals surface area (Å²) < 4.78 is 20.0. The molecule has 1 saturated heterocycles. The Bertz CT molecular complexity index is 223. The Kier molecular flexibility index (Phi) is 7.35. The van der Waals surface area contributed by atoms with Crippen LogP contribution in [0.4, 0.5) is 4.39 Å². The lowest BCUT2D eigenvalue weighted by molar-refractivity contribution is -0.197. The fourth-order valence-electron chi connectivity index (χ4n) is 3.09. The average molecular weight is 272 g/mol. The largest absolute Gasteiger partial charge is 0.375 e. The number of hydrogen-bond donors (Lipinski definition) is 0. The van der Waals surface area contributed by atoms with Crippen molar-refractivity contribution in [1.29, 1.82) is 0 Å². The molecule has 0 bridgehead atoms. The zero-order chi connectivity index (χ0) is 14.2. The lowest BCUT2D eigenvalue weighted by atomic mass is 9.67. The molecule has 1 aliphatic heterocycles. The van der Waals surface area contributed by atoms with Crippen molar-refractivity contribution >= 4 is 0 Å². The molecule has 0 aliphatic carbocycles. The van der Waals surface area contributed by atoms with Crippen LogP contribution < -0.4 is 0 Å². The Morgan fingerprint density at radius 2 is 1.37 bits per heavy atom. The van der Waals surface area contributed by atoms with E-state index in [-0.39, 0.29) is 5.41 Å². The molecule has 114 valence electrons. The molecule has 0 amide bonds. The van der Waals surface area contributed by atoms with Crippen LogP contribution in [0.5, 0.6) is 0 Å². The van der Waals surface area contributed by atoms with Crippen molar-refractivity contribution in [2.75, 3.05) is 13.2 Å². The highest BCUT2D eigenvalue weighted by Crippen LogP contribution is 2.47. The molecule has 1 rings (SSSR count). The van der Waals surface area contributed by atoms with Crippen molar-refractivity contribution in [2.24, 2.45) is 5.41 Å². The van der Waals surface area contributed by atoms with E-state index in [1.54, 1.807) is 0 Å². The van der Waals surface area contributed by atoms with Crippen LogP contribution in [0, 0.1) is 5.41 Å². The van der Waals surface area contributed by atoms with Gasteiger partial charge in [0.15, 0.2) is 5.67 Å². The van der Waals surface area contributed by atoms with Crippen LogP contribution >= 0.6 is 0 Å². The van der Waals surface area contributed by atoms with Crippen LogP contribution in [-0.4, -0.2) is 18.9 Å². The van der Waals surface area contributed by atoms with Crippen molar-refractivity contribution < 1.29 is 9.13 Å². The van der Waals surface area contributed by atoms with Gasteiger partial charge in [0, 0.05) is 5.41 Å². The van der Waals surface area contributed by atoms with Crippen molar-refractivity contribution in [2.45, 2.75) is 90.6 Å². The third-order valence-corrected chi connectivity index (χ3v) is 4.91. The van der Waals surface area contributed by atoms with E-state index in [2.05, 4.69) is 20.8 Å². The molecule has 2 heteroatoms. The summed E-state index contributed by atoms with van der Waals surface area (Å²) in [4.78, 5) is 0. The molecule has 1 heterocycles. The highest BCUT2D eigenvalue weighted by Gasteiger charge is 2.53. The molecule has 0 N–H and O–H groups in total. The second kappa shape index (κ2) is 8.24. The van der Waals surface area contributed by atoms with Gasteiger partial charge in [0.05, 0.1) is 13.2 Å². The predicted octanol–water partition coefficient (Wildman–Crippen LogP) is 5.67. The number of ether oxygens (including phenoxy) is 1. The molecular weight excluding hydrogens is 239 g/mol. The first-order valence-corrected chi connectivity index (χ1v) is 8.34. The van der Waals surface area contributed by atoms with Gasteiger partial charge in [-0.1, -0.05) is 72.1 Å². The monoisotopic (exact) mass is 272 g/mol. The molecule has 0 saturated carbocycles. The standard InChI is InChI=1S/C17H33FO/c1-4-6-8-10-12-16(3,13-11-9-7-5-2)17(18)14-19-15-17/h4-15H2,1-3H3. The Labute approximate surface area is 119 Å². The lowest BCUT2D eigenvalue weighted by Gasteiger charge is -2.48. The molecule has 1 aliphatic rings. The van der Waals surface area contributed by atoms with Crippen LogP contribution in [0.25, 0.3) is 0 Å². The van der Waals surface area contributed by atoms with Crippen LogP contribution in [0.15, 0.2) is 0 Å². The second-order valence-corrected chi connectivity index (χ2v) is 6.64. The quantitative estimate of drug-likeness (QED) is 0.440. The number of hydrogen-bond acceptors (Lipinski definition) is 1. The Balaban J connectivity index is 2.42. The molecule has 0 spiro atoms. The summed E-state index contributed by atoms with van der Waals surface area (Å²) in [5.41, 5.74) is -1.21. The van der Waals surface area contributed by atoms with E-state index in [1.165, 1.54) is 51.4 Å². The first kappa shape index (κ1) is 16.9. The van der Waals surface area contributed by atoms with Gasteiger partial charge in [-0.2, -0.15) is 0 Å². The summed E-state index contributed by atoms with van der Waals surface area (Å²) in [7, 11) is 0. The fraction of sp³-hybridized carbons (Fsp3) is 1.00. The van der Waals surface area contributed by atoms with Crippen molar-refractivity contribution in [1.82, 2.24) is 0 Å². The van der Waals surface area contributed by atoms with Crippen LogP contribution in [-0.2, 0) is 4.74 Å². The van der Waals surface area contributed by atoms with E-state index in [4.69, 9.17) is 4.74 Å². The summed E-state index contributed by atoms with van der Waals surface area (Å²) >= 11 is 0. The minimum Gasteiger partial charge on any atom is -0.375 e. The maximum atomic E-state index is 14.8. The zero-order valence-corrected chi connectivity index (χ0v) is 13.3. The summed E-state index contributed by atoms with van der Waals surface area (Å²) in [5.74, 6) is 0. The Morgan fingerprint density at radius 3 is 1.68 bits per heavy atom. The second-order valence-electron chi connectivity index (χ2n) is 6.64. The average Bonchev–Trinajstić information content (AvgIpc) is 2.37. The number of alkyl halides is 1. The van der Waals surface area contributed by atoms with E-state index in [0.717, 1.165) is 12.8 Å². The summed E-state index contributed by atoms with van der Waals surface area (Å²) in [6.07, 6.45) is 11.9. The molecule has 0 atom stereocenters. The van der Waals surface area contributed by atoms with E-state index in [9.17, 15) is 4.39 Å². The summed E-state index contributed by atoms with van der Waals surface area (Å²) in [5, 5.41) is 0. The van der Waals surface area contributed by atoms with E-state index >= 15 is 0 Å². The Hall–Kier alpha value is -0.110. The maximum absolute atomic E-state index is 14.8. The van der Waals surface area contributed by atoms with Gasteiger partial charge in [0.25, 0.3) is 0 Å². The number of halogens is 1. The van der Waals surface area contributed by atoms with Crippen molar-refractivity contribution in [3.05, 3.63) is 0 Å². The zero-order valence-electron chi connectivity index (χ0n) is 13.3. The molecule has 0 unspecified atom stereocenters. The first-order chi connectivity index (χ1) is 9.08. The molecule has 19 heavy (non-hydrogen) atoms. The minimum atomic E-state index is -1.05. The lowest BCUT2D eigenvalue weighted by Crippen LogP contribution is -2.57. The van der Waals surface area contributed by atoms with Gasteiger partial charge in [-0.15, -0.1) is 0 Å². The molecule has 0 radical (unpaired) electrons. The number of unbranched alkanes of at least 4 members (excludes halogenated alkanes) is 6. The third kappa shape index (κ3) is 4.73. The van der Waals surface area contributed by atoms with E-state index < -0.39 is 5.67 Å².